The lowest BCUT2D eigenvalue weighted by Crippen LogP contribution is -2.10. The second-order valence-corrected chi connectivity index (χ2v) is 8.97. The van der Waals surface area contributed by atoms with E-state index in [1.165, 1.54) is 96.3 Å². The molecular formula is C26H54O3. The lowest BCUT2D eigenvalue weighted by molar-refractivity contribution is 0.0134. The molecule has 0 aromatic heterocycles. The van der Waals surface area contributed by atoms with E-state index in [1.807, 2.05) is 0 Å². The molecule has 0 N–H and O–H groups in total. The van der Waals surface area contributed by atoms with Gasteiger partial charge in [-0.25, -0.2) is 0 Å². The Hall–Kier alpha value is -0.120. The van der Waals surface area contributed by atoms with E-state index in [-0.39, 0.29) is 0 Å². The van der Waals surface area contributed by atoms with Gasteiger partial charge in [-0.2, -0.15) is 0 Å². The molecule has 0 radical (unpaired) electrons. The van der Waals surface area contributed by atoms with Crippen LogP contribution >= 0.6 is 0 Å². The molecule has 0 spiro atoms. The highest BCUT2D eigenvalue weighted by Crippen LogP contribution is 2.14. The highest BCUT2D eigenvalue weighted by Gasteiger charge is 1.96. The van der Waals surface area contributed by atoms with E-state index in [2.05, 4.69) is 20.8 Å². The van der Waals surface area contributed by atoms with E-state index < -0.39 is 0 Å². The summed E-state index contributed by atoms with van der Waals surface area (Å²) in [5.41, 5.74) is 0. The summed E-state index contributed by atoms with van der Waals surface area (Å²) in [6.45, 7) is 11.4. The molecule has 0 heterocycles. The van der Waals surface area contributed by atoms with Crippen LogP contribution in [0.1, 0.15) is 124 Å². The average Bonchev–Trinajstić information content (AvgIpc) is 2.71. The highest BCUT2D eigenvalue weighted by molar-refractivity contribution is 4.51. The van der Waals surface area contributed by atoms with E-state index in [0.29, 0.717) is 26.4 Å². The van der Waals surface area contributed by atoms with Gasteiger partial charge in [0.15, 0.2) is 0 Å². The molecule has 3 nitrogen and oxygen atoms in total. The Kier molecular flexibility index (Phi) is 25.8. The van der Waals surface area contributed by atoms with Gasteiger partial charge < -0.3 is 14.2 Å². The van der Waals surface area contributed by atoms with Crippen LogP contribution < -0.4 is 0 Å². The van der Waals surface area contributed by atoms with Gasteiger partial charge >= 0.3 is 0 Å². The molecule has 176 valence electrons. The van der Waals surface area contributed by atoms with Crippen molar-refractivity contribution < 1.29 is 14.2 Å². The van der Waals surface area contributed by atoms with Crippen LogP contribution in [0.4, 0.5) is 0 Å². The molecule has 0 amide bonds. The Balaban J connectivity index is 2.98. The smallest absolute Gasteiger partial charge is 0.0701 e. The monoisotopic (exact) mass is 414 g/mol. The second kappa shape index (κ2) is 25.9. The maximum atomic E-state index is 5.63. The van der Waals surface area contributed by atoms with Gasteiger partial charge in [0.05, 0.1) is 26.4 Å². The van der Waals surface area contributed by atoms with Gasteiger partial charge in [0.25, 0.3) is 0 Å². The van der Waals surface area contributed by atoms with Crippen molar-refractivity contribution in [2.24, 2.45) is 5.92 Å². The quantitative estimate of drug-likeness (QED) is 0.142. The summed E-state index contributed by atoms with van der Waals surface area (Å²) < 4.78 is 16.6. The van der Waals surface area contributed by atoms with Crippen molar-refractivity contribution in [2.45, 2.75) is 124 Å². The van der Waals surface area contributed by atoms with Crippen LogP contribution in [0.5, 0.6) is 0 Å². The Morgan fingerprint density at radius 2 is 0.759 bits per heavy atom. The summed E-state index contributed by atoms with van der Waals surface area (Å²) in [5, 5.41) is 0. The van der Waals surface area contributed by atoms with Crippen LogP contribution in [0.15, 0.2) is 0 Å². The molecule has 0 saturated heterocycles. The largest absolute Gasteiger partial charge is 0.379 e. The van der Waals surface area contributed by atoms with Crippen molar-refractivity contribution in [1.82, 2.24) is 0 Å². The number of unbranched alkanes of at least 4 members (excludes halogenated alkanes) is 13. The first-order chi connectivity index (χ1) is 14.3. The fourth-order valence-corrected chi connectivity index (χ4v) is 3.49. The zero-order valence-corrected chi connectivity index (χ0v) is 20.4. The van der Waals surface area contributed by atoms with Crippen molar-refractivity contribution in [3.05, 3.63) is 0 Å². The van der Waals surface area contributed by atoms with Crippen molar-refractivity contribution in [1.29, 1.82) is 0 Å². The standard InChI is InChI=1S/C26H54O3/c1-4-5-20-27-22-24-29-25-23-28-21-18-16-14-12-10-8-6-7-9-11-13-15-17-19-26(2)3/h26H,4-25H2,1-3H3. The summed E-state index contributed by atoms with van der Waals surface area (Å²) in [4.78, 5) is 0. The van der Waals surface area contributed by atoms with Crippen LogP contribution in [0.2, 0.25) is 0 Å². The van der Waals surface area contributed by atoms with E-state index in [1.54, 1.807) is 0 Å². The molecule has 0 aliphatic heterocycles. The number of rotatable bonds is 25. The topological polar surface area (TPSA) is 27.7 Å². The van der Waals surface area contributed by atoms with Crippen molar-refractivity contribution >= 4 is 0 Å². The molecule has 0 aliphatic rings. The molecule has 0 fully saturated rings. The second-order valence-electron chi connectivity index (χ2n) is 8.97. The first kappa shape index (κ1) is 28.9. The summed E-state index contributed by atoms with van der Waals surface area (Å²) in [6, 6.07) is 0. The van der Waals surface area contributed by atoms with Gasteiger partial charge in [0.2, 0.25) is 0 Å². The summed E-state index contributed by atoms with van der Waals surface area (Å²) >= 11 is 0. The molecule has 0 rings (SSSR count). The molecule has 0 unspecified atom stereocenters. The molecule has 0 atom stereocenters. The average molecular weight is 415 g/mol. The Morgan fingerprint density at radius 1 is 0.414 bits per heavy atom. The molecule has 0 bridgehead atoms. The van der Waals surface area contributed by atoms with E-state index in [0.717, 1.165) is 25.6 Å². The third-order valence-corrected chi connectivity index (χ3v) is 5.46. The van der Waals surface area contributed by atoms with Gasteiger partial charge in [-0.1, -0.05) is 111 Å². The molecule has 3 heteroatoms. The van der Waals surface area contributed by atoms with E-state index in [4.69, 9.17) is 14.2 Å². The van der Waals surface area contributed by atoms with Crippen LogP contribution in [-0.4, -0.2) is 39.6 Å². The zero-order chi connectivity index (χ0) is 21.3. The third-order valence-electron chi connectivity index (χ3n) is 5.46. The summed E-state index contributed by atoms with van der Waals surface area (Å²) in [7, 11) is 0. The van der Waals surface area contributed by atoms with Crippen molar-refractivity contribution in [2.75, 3.05) is 39.6 Å². The molecule has 0 aromatic rings. The minimum atomic E-state index is 0.686. The fourth-order valence-electron chi connectivity index (χ4n) is 3.49. The normalized spacial score (nSPS) is 11.6. The number of hydrogen-bond acceptors (Lipinski definition) is 3. The Labute approximate surface area is 183 Å². The SMILES string of the molecule is CCCCOCCOCCOCCCCCCCCCCCCCCCC(C)C. The molecular weight excluding hydrogens is 360 g/mol. The first-order valence-electron chi connectivity index (χ1n) is 13.0. The van der Waals surface area contributed by atoms with Crippen LogP contribution in [0.3, 0.4) is 0 Å². The Morgan fingerprint density at radius 3 is 1.17 bits per heavy atom. The maximum absolute atomic E-state index is 5.63. The summed E-state index contributed by atoms with van der Waals surface area (Å²) in [6.07, 6.45) is 22.0. The highest BCUT2D eigenvalue weighted by atomic mass is 16.5. The van der Waals surface area contributed by atoms with Gasteiger partial charge in [0, 0.05) is 13.2 Å². The minimum Gasteiger partial charge on any atom is -0.379 e. The lowest BCUT2D eigenvalue weighted by atomic mass is 10.0. The maximum Gasteiger partial charge on any atom is 0.0701 e. The predicted octanol–water partition coefficient (Wildman–Crippen LogP) is 7.95. The number of hydrogen-bond donors (Lipinski definition) is 0. The van der Waals surface area contributed by atoms with Crippen molar-refractivity contribution in [3.8, 4) is 0 Å². The van der Waals surface area contributed by atoms with Gasteiger partial charge in [-0.3, -0.25) is 0 Å². The lowest BCUT2D eigenvalue weighted by Gasteiger charge is -2.07. The van der Waals surface area contributed by atoms with Crippen LogP contribution in [0, 0.1) is 5.92 Å². The zero-order valence-electron chi connectivity index (χ0n) is 20.4. The van der Waals surface area contributed by atoms with Crippen LogP contribution in [-0.2, 0) is 14.2 Å². The van der Waals surface area contributed by atoms with Crippen molar-refractivity contribution in [3.63, 3.8) is 0 Å². The third kappa shape index (κ3) is 27.9. The van der Waals surface area contributed by atoms with Gasteiger partial charge in [0.1, 0.15) is 0 Å². The Bertz CT molecular complexity index is 281. The van der Waals surface area contributed by atoms with Gasteiger partial charge in [-0.05, 0) is 18.8 Å². The van der Waals surface area contributed by atoms with E-state index >= 15 is 0 Å². The molecule has 0 saturated carbocycles. The molecule has 29 heavy (non-hydrogen) atoms. The molecule has 0 aromatic carbocycles. The van der Waals surface area contributed by atoms with E-state index in [9.17, 15) is 0 Å². The fraction of sp³-hybridized carbons (Fsp3) is 1.00. The van der Waals surface area contributed by atoms with Gasteiger partial charge in [-0.15, -0.1) is 0 Å². The predicted molar refractivity (Wildman–Crippen MR) is 127 cm³/mol. The number of ether oxygens (including phenoxy) is 3. The molecule has 0 aliphatic carbocycles. The summed E-state index contributed by atoms with van der Waals surface area (Å²) in [5.74, 6) is 0.882. The minimum absolute atomic E-state index is 0.686. The first-order valence-corrected chi connectivity index (χ1v) is 13.0. The van der Waals surface area contributed by atoms with Crippen LogP contribution in [0.25, 0.3) is 0 Å².